The first-order chi connectivity index (χ1) is 11.7. The summed E-state index contributed by atoms with van der Waals surface area (Å²) in [6.07, 6.45) is 0. The van der Waals surface area contributed by atoms with Crippen LogP contribution >= 0.6 is 0 Å². The van der Waals surface area contributed by atoms with Crippen LogP contribution in [0.15, 0.2) is 41.2 Å². The first-order valence-corrected chi connectivity index (χ1v) is 8.15. The van der Waals surface area contributed by atoms with E-state index in [0.717, 1.165) is 24.1 Å². The lowest BCUT2D eigenvalue weighted by molar-refractivity contribution is 0.174. The fourth-order valence-corrected chi connectivity index (χ4v) is 3.26. The minimum absolute atomic E-state index is 0.00375. The Morgan fingerprint density at radius 1 is 1.04 bits per heavy atom. The summed E-state index contributed by atoms with van der Waals surface area (Å²) in [6, 6.07) is 11.6. The highest BCUT2D eigenvalue weighted by molar-refractivity contribution is 5.98. The van der Waals surface area contributed by atoms with E-state index >= 15 is 0 Å². The third-order valence-corrected chi connectivity index (χ3v) is 4.42. The maximum Gasteiger partial charge on any atom is 0.201 e. The van der Waals surface area contributed by atoms with E-state index in [4.69, 9.17) is 9.47 Å². The summed E-state index contributed by atoms with van der Waals surface area (Å²) in [6.45, 7) is 2.66. The molecule has 5 heteroatoms. The van der Waals surface area contributed by atoms with Crippen molar-refractivity contribution >= 4 is 21.8 Å². The smallest absolute Gasteiger partial charge is 0.201 e. The van der Waals surface area contributed by atoms with E-state index in [1.54, 1.807) is 0 Å². The molecule has 1 aromatic heterocycles. The fraction of sp³-hybridized carbons (Fsp3) is 0.316. The summed E-state index contributed by atoms with van der Waals surface area (Å²) in [5.41, 5.74) is 1.85. The number of nitrogens with zero attached hydrogens (tertiary/aromatic N) is 2. The molecule has 0 spiro atoms. The zero-order valence-electron chi connectivity index (χ0n) is 13.9. The molecule has 124 valence electrons. The molecule has 3 aromatic rings. The summed E-state index contributed by atoms with van der Waals surface area (Å²) in [5.74, 6) is 1.23. The molecule has 2 aromatic carbocycles. The Hall–Kier alpha value is -2.53. The van der Waals surface area contributed by atoms with Gasteiger partial charge >= 0.3 is 0 Å². The van der Waals surface area contributed by atoms with Gasteiger partial charge in [-0.25, -0.2) is 0 Å². The normalized spacial score (nSPS) is 13.8. The molecule has 5 nitrogen and oxygen atoms in total. The van der Waals surface area contributed by atoms with E-state index in [1.807, 2.05) is 50.5 Å². The van der Waals surface area contributed by atoms with Crippen molar-refractivity contribution in [3.8, 4) is 11.5 Å². The number of likely N-dealkylation sites (N-methyl/N-ethyl adjacent to an activating group) is 1. The molecule has 0 N–H and O–H groups in total. The molecule has 2 heterocycles. The number of rotatable bonds is 3. The summed E-state index contributed by atoms with van der Waals surface area (Å²) in [7, 11) is 4.09. The van der Waals surface area contributed by atoms with Gasteiger partial charge in [0.05, 0.1) is 16.4 Å². The maximum atomic E-state index is 13.1. The van der Waals surface area contributed by atoms with E-state index in [0.29, 0.717) is 35.5 Å². The summed E-state index contributed by atoms with van der Waals surface area (Å²) in [5, 5.41) is 1.33. The Balaban J connectivity index is 2.09. The van der Waals surface area contributed by atoms with Gasteiger partial charge in [-0.05, 0) is 38.4 Å². The fourth-order valence-electron chi connectivity index (χ4n) is 3.26. The molecule has 0 saturated carbocycles. The van der Waals surface area contributed by atoms with Gasteiger partial charge in [0, 0.05) is 18.5 Å². The Morgan fingerprint density at radius 3 is 2.67 bits per heavy atom. The molecule has 0 atom stereocenters. The maximum absolute atomic E-state index is 13.1. The van der Waals surface area contributed by atoms with Gasteiger partial charge in [0.2, 0.25) is 5.43 Å². The van der Waals surface area contributed by atoms with Crippen LogP contribution in [0.1, 0.15) is 0 Å². The summed E-state index contributed by atoms with van der Waals surface area (Å²) >= 11 is 0. The van der Waals surface area contributed by atoms with Gasteiger partial charge in [-0.3, -0.25) is 4.79 Å². The molecule has 0 aliphatic carbocycles. The molecule has 0 bridgehead atoms. The number of aromatic nitrogens is 1. The Kier molecular flexibility index (Phi) is 3.65. The second-order valence-corrected chi connectivity index (χ2v) is 6.29. The SMILES string of the molecule is CN(C)CCn1c2ccccc2c(=O)c2c3c(ccc21)OCCO3. The highest BCUT2D eigenvalue weighted by atomic mass is 16.6. The van der Waals surface area contributed by atoms with Crippen molar-refractivity contribution in [3.05, 3.63) is 46.6 Å². The summed E-state index contributed by atoms with van der Waals surface area (Å²) in [4.78, 5) is 15.2. The van der Waals surface area contributed by atoms with Crippen molar-refractivity contribution < 1.29 is 9.47 Å². The van der Waals surface area contributed by atoms with Crippen LogP contribution in [0.5, 0.6) is 11.5 Å². The predicted molar refractivity (Wildman–Crippen MR) is 95.3 cm³/mol. The minimum atomic E-state index is 0.00375. The molecular weight excluding hydrogens is 304 g/mol. The molecule has 4 rings (SSSR count). The highest BCUT2D eigenvalue weighted by Gasteiger charge is 2.20. The number of benzene rings is 2. The van der Waals surface area contributed by atoms with Crippen molar-refractivity contribution in [3.63, 3.8) is 0 Å². The second-order valence-electron chi connectivity index (χ2n) is 6.29. The van der Waals surface area contributed by atoms with E-state index < -0.39 is 0 Å². The molecule has 0 amide bonds. The Morgan fingerprint density at radius 2 is 1.83 bits per heavy atom. The zero-order valence-corrected chi connectivity index (χ0v) is 13.9. The minimum Gasteiger partial charge on any atom is -0.486 e. The first-order valence-electron chi connectivity index (χ1n) is 8.15. The molecule has 0 unspecified atom stereocenters. The third kappa shape index (κ3) is 2.32. The number of para-hydroxylation sites is 1. The average Bonchev–Trinajstić information content (AvgIpc) is 2.61. The van der Waals surface area contributed by atoms with E-state index in [1.165, 1.54) is 0 Å². The van der Waals surface area contributed by atoms with Crippen molar-refractivity contribution in [1.82, 2.24) is 9.47 Å². The van der Waals surface area contributed by atoms with Gasteiger partial charge < -0.3 is 18.9 Å². The van der Waals surface area contributed by atoms with Gasteiger partial charge in [0.25, 0.3) is 0 Å². The quantitative estimate of drug-likeness (QED) is 0.694. The van der Waals surface area contributed by atoms with Crippen LogP contribution in [0, 0.1) is 0 Å². The molecular formula is C19H20N2O3. The van der Waals surface area contributed by atoms with E-state index in [9.17, 15) is 4.79 Å². The molecule has 1 aliphatic heterocycles. The van der Waals surface area contributed by atoms with Crippen LogP contribution < -0.4 is 14.9 Å². The van der Waals surface area contributed by atoms with Gasteiger partial charge in [0.15, 0.2) is 11.5 Å². The van der Waals surface area contributed by atoms with Crippen LogP contribution in [0.4, 0.5) is 0 Å². The Bertz CT molecular complexity index is 976. The first kappa shape index (κ1) is 15.0. The molecule has 0 saturated heterocycles. The van der Waals surface area contributed by atoms with Crippen molar-refractivity contribution in [1.29, 1.82) is 0 Å². The zero-order chi connectivity index (χ0) is 16.7. The molecule has 24 heavy (non-hydrogen) atoms. The highest BCUT2D eigenvalue weighted by Crippen LogP contribution is 2.37. The predicted octanol–water partition coefficient (Wildman–Crippen LogP) is 2.49. The van der Waals surface area contributed by atoms with Crippen LogP contribution in [-0.2, 0) is 6.54 Å². The lowest BCUT2D eigenvalue weighted by Gasteiger charge is -2.22. The molecule has 1 aliphatic rings. The standard InChI is InChI=1S/C19H20N2O3/c1-20(2)9-10-21-14-6-4-3-5-13(14)18(22)17-15(21)7-8-16-19(17)24-12-11-23-16/h3-8H,9-12H2,1-2H3. The van der Waals surface area contributed by atoms with E-state index in [2.05, 4.69) is 9.47 Å². The monoisotopic (exact) mass is 324 g/mol. The van der Waals surface area contributed by atoms with E-state index in [-0.39, 0.29) is 5.43 Å². The van der Waals surface area contributed by atoms with Crippen LogP contribution in [-0.4, -0.2) is 43.3 Å². The second kappa shape index (κ2) is 5.83. The van der Waals surface area contributed by atoms with Gasteiger partial charge in [-0.1, -0.05) is 12.1 Å². The van der Waals surface area contributed by atoms with Gasteiger partial charge in [-0.15, -0.1) is 0 Å². The van der Waals surface area contributed by atoms with Crippen molar-refractivity contribution in [2.75, 3.05) is 33.9 Å². The molecule has 0 radical (unpaired) electrons. The number of ether oxygens (including phenoxy) is 2. The van der Waals surface area contributed by atoms with Gasteiger partial charge in [0.1, 0.15) is 13.2 Å². The van der Waals surface area contributed by atoms with Crippen molar-refractivity contribution in [2.45, 2.75) is 6.54 Å². The number of fused-ring (bicyclic) bond motifs is 4. The Labute approximate surface area is 140 Å². The summed E-state index contributed by atoms with van der Waals surface area (Å²) < 4.78 is 13.7. The van der Waals surface area contributed by atoms with Crippen LogP contribution in [0.3, 0.4) is 0 Å². The topological polar surface area (TPSA) is 43.7 Å². The number of hydrogen-bond acceptors (Lipinski definition) is 4. The van der Waals surface area contributed by atoms with Gasteiger partial charge in [-0.2, -0.15) is 0 Å². The number of hydrogen-bond donors (Lipinski definition) is 0. The number of pyridine rings is 1. The third-order valence-electron chi connectivity index (χ3n) is 4.42. The molecule has 0 fully saturated rings. The van der Waals surface area contributed by atoms with Crippen molar-refractivity contribution in [2.24, 2.45) is 0 Å². The lowest BCUT2D eigenvalue weighted by Crippen LogP contribution is -2.22. The van der Waals surface area contributed by atoms with Crippen LogP contribution in [0.25, 0.3) is 21.8 Å². The lowest BCUT2D eigenvalue weighted by atomic mass is 10.1. The van der Waals surface area contributed by atoms with Crippen LogP contribution in [0.2, 0.25) is 0 Å². The average molecular weight is 324 g/mol. The largest absolute Gasteiger partial charge is 0.486 e.